The highest BCUT2D eigenvalue weighted by atomic mass is 16.7. The summed E-state index contributed by atoms with van der Waals surface area (Å²) in [5, 5.41) is 2.08. The third kappa shape index (κ3) is 3.31. The van der Waals surface area contributed by atoms with Crippen LogP contribution in [0.15, 0.2) is 37.4 Å². The fraction of sp³-hybridized carbons (Fsp3) is 0.462. The van der Waals surface area contributed by atoms with E-state index in [1.165, 1.54) is 0 Å². The zero-order chi connectivity index (χ0) is 23.7. The van der Waals surface area contributed by atoms with Crippen LogP contribution in [0.1, 0.15) is 66.5 Å². The van der Waals surface area contributed by atoms with Crippen molar-refractivity contribution in [2.45, 2.75) is 77.8 Å². The van der Waals surface area contributed by atoms with Gasteiger partial charge in [-0.05, 0) is 88.2 Å². The van der Waals surface area contributed by atoms with Crippen LogP contribution in [-0.4, -0.2) is 36.6 Å². The van der Waals surface area contributed by atoms with Crippen LogP contribution in [0.5, 0.6) is 0 Å². The minimum atomic E-state index is -0.524. The second-order valence-electron chi connectivity index (χ2n) is 10.8. The van der Waals surface area contributed by atoms with Gasteiger partial charge in [0.1, 0.15) is 0 Å². The number of rotatable bonds is 4. The highest BCUT2D eigenvalue weighted by Crippen LogP contribution is 2.40. The van der Waals surface area contributed by atoms with Crippen LogP contribution in [0, 0.1) is 0 Å². The Labute approximate surface area is 193 Å². The Morgan fingerprint density at radius 2 is 0.875 bits per heavy atom. The van der Waals surface area contributed by atoms with E-state index < -0.39 is 36.6 Å². The third-order valence-corrected chi connectivity index (χ3v) is 7.76. The van der Waals surface area contributed by atoms with E-state index >= 15 is 0 Å². The quantitative estimate of drug-likeness (QED) is 0.656. The van der Waals surface area contributed by atoms with Crippen LogP contribution in [-0.2, 0) is 18.6 Å². The predicted molar refractivity (Wildman–Crippen MR) is 136 cm³/mol. The van der Waals surface area contributed by atoms with Crippen molar-refractivity contribution in [3.05, 3.63) is 48.6 Å². The van der Waals surface area contributed by atoms with Crippen LogP contribution in [0.4, 0.5) is 0 Å². The minimum Gasteiger partial charge on any atom is -0.399 e. The molecule has 0 N–H and O–H groups in total. The number of fused-ring (bicyclic) bond motifs is 1. The molecule has 2 fully saturated rings. The molecule has 2 aliphatic rings. The molecule has 2 saturated heterocycles. The van der Waals surface area contributed by atoms with Crippen molar-refractivity contribution in [3.8, 4) is 0 Å². The average Bonchev–Trinajstić information content (AvgIpc) is 3.04. The van der Waals surface area contributed by atoms with E-state index in [2.05, 4.69) is 80.7 Å². The van der Waals surface area contributed by atoms with Gasteiger partial charge >= 0.3 is 14.2 Å². The molecule has 2 heterocycles. The maximum atomic E-state index is 6.46. The summed E-state index contributed by atoms with van der Waals surface area (Å²) in [7, 11) is -1.05. The highest BCUT2D eigenvalue weighted by Gasteiger charge is 2.55. The van der Waals surface area contributed by atoms with Gasteiger partial charge in [0.05, 0.1) is 22.4 Å². The minimum absolute atomic E-state index is 0.448. The number of benzene rings is 2. The van der Waals surface area contributed by atoms with E-state index in [1.807, 2.05) is 24.3 Å². The Balaban J connectivity index is 2.00. The zero-order valence-electron chi connectivity index (χ0n) is 20.7. The van der Waals surface area contributed by atoms with Gasteiger partial charge in [0.2, 0.25) is 0 Å². The Hall–Kier alpha value is -1.85. The second-order valence-corrected chi connectivity index (χ2v) is 10.8. The first kappa shape index (κ1) is 23.3. The summed E-state index contributed by atoms with van der Waals surface area (Å²) in [6.45, 7) is 24.8. The molecule has 168 valence electrons. The summed E-state index contributed by atoms with van der Waals surface area (Å²) in [6.07, 6.45) is 3.72. The fourth-order valence-corrected chi connectivity index (χ4v) is 4.40. The molecule has 0 aromatic heterocycles. The molecule has 0 spiro atoms. The van der Waals surface area contributed by atoms with Gasteiger partial charge in [0.25, 0.3) is 0 Å². The standard InChI is InChI=1S/C26H34B2O4/c1-11-17-18(12-2)22(28-31-25(7,8)26(9,10)32-28)20-16-14-13-15-19(20)21(17)27-29-23(3,4)24(5,6)30-27/h11-16H,1-2H2,3-10H3. The summed E-state index contributed by atoms with van der Waals surface area (Å²) in [5.74, 6) is 0. The molecule has 0 bridgehead atoms. The second kappa shape index (κ2) is 7.33. The lowest BCUT2D eigenvalue weighted by molar-refractivity contribution is 0.00578. The topological polar surface area (TPSA) is 36.9 Å². The smallest absolute Gasteiger partial charge is 0.399 e. The van der Waals surface area contributed by atoms with Crippen molar-refractivity contribution in [2.24, 2.45) is 0 Å². The normalized spacial score (nSPS) is 23.0. The number of hydrogen-bond acceptors (Lipinski definition) is 4. The van der Waals surface area contributed by atoms with E-state index in [0.717, 1.165) is 32.8 Å². The molecule has 0 amide bonds. The molecular weight excluding hydrogens is 398 g/mol. The van der Waals surface area contributed by atoms with E-state index in [0.29, 0.717) is 0 Å². The third-order valence-electron chi connectivity index (χ3n) is 7.76. The first-order valence-electron chi connectivity index (χ1n) is 11.3. The maximum Gasteiger partial charge on any atom is 0.496 e. The monoisotopic (exact) mass is 432 g/mol. The van der Waals surface area contributed by atoms with Crippen LogP contribution in [0.2, 0.25) is 0 Å². The van der Waals surface area contributed by atoms with Crippen molar-refractivity contribution >= 4 is 48.1 Å². The SMILES string of the molecule is C=Cc1c(C=C)c(B2OC(C)(C)C(C)(C)O2)c2ccccc2c1B1OC(C)(C)C(C)(C)O1. The van der Waals surface area contributed by atoms with Gasteiger partial charge < -0.3 is 18.6 Å². The largest absolute Gasteiger partial charge is 0.496 e. The molecule has 4 rings (SSSR count). The maximum absolute atomic E-state index is 6.46. The molecule has 32 heavy (non-hydrogen) atoms. The number of hydrogen-bond donors (Lipinski definition) is 0. The van der Waals surface area contributed by atoms with Crippen molar-refractivity contribution in [1.82, 2.24) is 0 Å². The first-order chi connectivity index (χ1) is 14.8. The summed E-state index contributed by atoms with van der Waals surface area (Å²) in [4.78, 5) is 0. The summed E-state index contributed by atoms with van der Waals surface area (Å²) < 4.78 is 25.9. The first-order valence-corrected chi connectivity index (χ1v) is 11.3. The van der Waals surface area contributed by atoms with Gasteiger partial charge in [-0.25, -0.2) is 0 Å². The van der Waals surface area contributed by atoms with Gasteiger partial charge in [0.15, 0.2) is 0 Å². The van der Waals surface area contributed by atoms with Crippen LogP contribution < -0.4 is 10.9 Å². The lowest BCUT2D eigenvalue weighted by atomic mass is 9.65. The molecule has 4 nitrogen and oxygen atoms in total. The summed E-state index contributed by atoms with van der Waals surface area (Å²) in [6, 6.07) is 8.27. The van der Waals surface area contributed by atoms with Gasteiger partial charge in [0, 0.05) is 0 Å². The molecule has 0 radical (unpaired) electrons. The Bertz CT molecular complexity index is 982. The fourth-order valence-electron chi connectivity index (χ4n) is 4.40. The Morgan fingerprint density at radius 1 is 0.594 bits per heavy atom. The lowest BCUT2D eigenvalue weighted by Gasteiger charge is -2.32. The van der Waals surface area contributed by atoms with Crippen molar-refractivity contribution in [1.29, 1.82) is 0 Å². The molecular formula is C26H34B2O4. The van der Waals surface area contributed by atoms with Gasteiger partial charge in [-0.2, -0.15) is 0 Å². The molecule has 0 unspecified atom stereocenters. The summed E-state index contributed by atoms with van der Waals surface area (Å²) in [5.41, 5.74) is 2.00. The summed E-state index contributed by atoms with van der Waals surface area (Å²) >= 11 is 0. The molecule has 2 aliphatic heterocycles. The Morgan fingerprint density at radius 3 is 1.12 bits per heavy atom. The van der Waals surface area contributed by atoms with E-state index in [4.69, 9.17) is 18.6 Å². The molecule has 6 heteroatoms. The van der Waals surface area contributed by atoms with Crippen LogP contribution >= 0.6 is 0 Å². The van der Waals surface area contributed by atoms with Gasteiger partial charge in [-0.15, -0.1) is 0 Å². The van der Waals surface area contributed by atoms with Crippen LogP contribution in [0.25, 0.3) is 22.9 Å². The average molecular weight is 432 g/mol. The van der Waals surface area contributed by atoms with E-state index in [-0.39, 0.29) is 0 Å². The Kier molecular flexibility index (Phi) is 5.34. The molecule has 2 aromatic carbocycles. The van der Waals surface area contributed by atoms with E-state index in [9.17, 15) is 0 Å². The van der Waals surface area contributed by atoms with Crippen molar-refractivity contribution < 1.29 is 18.6 Å². The molecule has 0 saturated carbocycles. The van der Waals surface area contributed by atoms with Crippen LogP contribution in [0.3, 0.4) is 0 Å². The van der Waals surface area contributed by atoms with Crippen molar-refractivity contribution in [2.75, 3.05) is 0 Å². The molecule has 0 atom stereocenters. The zero-order valence-corrected chi connectivity index (χ0v) is 20.7. The highest BCUT2D eigenvalue weighted by molar-refractivity contribution is 6.70. The van der Waals surface area contributed by atoms with Gasteiger partial charge in [-0.3, -0.25) is 0 Å². The van der Waals surface area contributed by atoms with E-state index in [1.54, 1.807) is 0 Å². The molecule has 2 aromatic rings. The van der Waals surface area contributed by atoms with Crippen molar-refractivity contribution in [3.63, 3.8) is 0 Å². The lowest BCUT2D eigenvalue weighted by Crippen LogP contribution is -2.43. The predicted octanol–water partition coefficient (Wildman–Crippen LogP) is 4.72. The van der Waals surface area contributed by atoms with Gasteiger partial charge in [-0.1, -0.05) is 49.6 Å². The molecule has 0 aliphatic carbocycles.